The summed E-state index contributed by atoms with van der Waals surface area (Å²) in [5.74, 6) is 0. The zero-order chi connectivity index (χ0) is 9.10. The van der Waals surface area contributed by atoms with Crippen molar-refractivity contribution in [2.45, 2.75) is 19.5 Å². The fourth-order valence-electron chi connectivity index (χ4n) is 1.70. The maximum absolute atomic E-state index is 4.08. The van der Waals surface area contributed by atoms with Crippen LogP contribution in [0.1, 0.15) is 11.8 Å². The number of aromatic nitrogens is 1. The predicted molar refractivity (Wildman–Crippen MR) is 62.1 cm³/mol. The van der Waals surface area contributed by atoms with Crippen molar-refractivity contribution < 1.29 is 0 Å². The number of halogens is 1. The summed E-state index contributed by atoms with van der Waals surface area (Å²) in [6.45, 7) is 6.72. The molecule has 0 aliphatic carbocycles. The van der Waals surface area contributed by atoms with Crippen molar-refractivity contribution in [1.29, 1.82) is 0 Å². The van der Waals surface area contributed by atoms with E-state index in [-0.39, 0.29) is 12.4 Å². The van der Waals surface area contributed by atoms with Gasteiger partial charge in [-0.2, -0.15) is 0 Å². The zero-order valence-corrected chi connectivity index (χ0v) is 9.90. The van der Waals surface area contributed by atoms with Crippen LogP contribution in [0.5, 0.6) is 0 Å². The van der Waals surface area contributed by atoms with Crippen molar-refractivity contribution in [3.05, 3.63) is 16.6 Å². The smallest absolute Gasteiger partial charge is 0.0794 e. The normalized spacial score (nSPS) is 23.1. The van der Waals surface area contributed by atoms with Crippen molar-refractivity contribution in [1.82, 2.24) is 15.2 Å². The average molecular weight is 234 g/mol. The van der Waals surface area contributed by atoms with Crippen LogP contribution in [0, 0.1) is 0 Å². The highest BCUT2D eigenvalue weighted by atomic mass is 35.5. The Morgan fingerprint density at radius 1 is 1.71 bits per heavy atom. The van der Waals surface area contributed by atoms with Crippen LogP contribution >= 0.6 is 23.7 Å². The molecular formula is C9H16ClN3S. The first-order valence-corrected chi connectivity index (χ1v) is 5.55. The van der Waals surface area contributed by atoms with E-state index in [1.807, 2.05) is 11.7 Å². The van der Waals surface area contributed by atoms with Crippen LogP contribution in [-0.4, -0.2) is 35.6 Å². The predicted octanol–water partition coefficient (Wildman–Crippen LogP) is 1.36. The quantitative estimate of drug-likeness (QED) is 0.836. The van der Waals surface area contributed by atoms with Crippen LogP contribution in [0.3, 0.4) is 0 Å². The Morgan fingerprint density at radius 2 is 2.57 bits per heavy atom. The molecule has 2 rings (SSSR count). The van der Waals surface area contributed by atoms with E-state index in [1.54, 1.807) is 11.3 Å². The fraction of sp³-hybridized carbons (Fsp3) is 0.667. The Hall–Kier alpha value is -0.160. The van der Waals surface area contributed by atoms with Gasteiger partial charge in [-0.25, -0.2) is 0 Å². The molecule has 5 heteroatoms. The Morgan fingerprint density at radius 3 is 3.21 bits per heavy atom. The molecule has 80 valence electrons. The summed E-state index contributed by atoms with van der Waals surface area (Å²) in [4.78, 5) is 7.93. The number of rotatable bonds is 2. The van der Waals surface area contributed by atoms with Crippen LogP contribution in [0.4, 0.5) is 0 Å². The molecule has 1 aliphatic rings. The molecule has 1 atom stereocenters. The Labute approximate surface area is 94.9 Å². The topological polar surface area (TPSA) is 28.2 Å². The summed E-state index contributed by atoms with van der Waals surface area (Å²) in [5.41, 5.74) is 1.90. The number of thiazole rings is 1. The van der Waals surface area contributed by atoms with E-state index in [0.717, 1.165) is 26.2 Å². The molecule has 14 heavy (non-hydrogen) atoms. The summed E-state index contributed by atoms with van der Waals surface area (Å²) in [6, 6.07) is 0.627. The lowest BCUT2D eigenvalue weighted by atomic mass is 10.2. The van der Waals surface area contributed by atoms with Gasteiger partial charge in [-0.05, 0) is 6.92 Å². The molecule has 0 bridgehead atoms. The van der Waals surface area contributed by atoms with Crippen molar-refractivity contribution in [2.24, 2.45) is 0 Å². The van der Waals surface area contributed by atoms with E-state index in [0.29, 0.717) is 6.04 Å². The van der Waals surface area contributed by atoms with Gasteiger partial charge in [0.15, 0.2) is 0 Å². The van der Waals surface area contributed by atoms with Gasteiger partial charge in [-0.3, -0.25) is 9.88 Å². The fourth-order valence-corrected chi connectivity index (χ4v) is 2.33. The third kappa shape index (κ3) is 3.20. The Kier molecular flexibility index (Phi) is 4.81. The lowest BCUT2D eigenvalue weighted by Crippen LogP contribution is -2.48. The van der Waals surface area contributed by atoms with Gasteiger partial charge in [0.2, 0.25) is 0 Å². The van der Waals surface area contributed by atoms with E-state index in [9.17, 15) is 0 Å². The first-order valence-electron chi connectivity index (χ1n) is 4.67. The van der Waals surface area contributed by atoms with Crippen LogP contribution in [0.25, 0.3) is 0 Å². The van der Waals surface area contributed by atoms with E-state index < -0.39 is 0 Å². The minimum Gasteiger partial charge on any atom is -0.312 e. The molecule has 1 aliphatic heterocycles. The van der Waals surface area contributed by atoms with Gasteiger partial charge in [0, 0.05) is 43.3 Å². The number of piperazine rings is 1. The molecule has 1 fully saturated rings. The lowest BCUT2D eigenvalue weighted by Gasteiger charge is -2.31. The van der Waals surface area contributed by atoms with Crippen LogP contribution in [0.2, 0.25) is 0 Å². The SMILES string of the molecule is CC1CN(Cc2cncs2)CCN1.Cl. The second-order valence-electron chi connectivity index (χ2n) is 3.56. The largest absolute Gasteiger partial charge is 0.312 e. The number of nitrogens with one attached hydrogen (secondary N) is 1. The summed E-state index contributed by atoms with van der Waals surface area (Å²) in [6.07, 6.45) is 1.97. The molecule has 2 heterocycles. The molecule has 0 radical (unpaired) electrons. The van der Waals surface area contributed by atoms with Crippen molar-refractivity contribution in [3.8, 4) is 0 Å². The number of hydrogen-bond donors (Lipinski definition) is 1. The molecule has 0 aromatic carbocycles. The standard InChI is InChI=1S/C9H15N3S.ClH/c1-8-5-12(3-2-11-8)6-9-4-10-7-13-9;/h4,7-8,11H,2-3,5-6H2,1H3;1H. The van der Waals surface area contributed by atoms with Crippen LogP contribution < -0.4 is 5.32 Å². The first-order chi connectivity index (χ1) is 6.34. The highest BCUT2D eigenvalue weighted by molar-refractivity contribution is 7.09. The molecule has 1 aromatic rings. The molecule has 0 amide bonds. The van der Waals surface area contributed by atoms with Crippen molar-refractivity contribution >= 4 is 23.7 Å². The molecule has 3 nitrogen and oxygen atoms in total. The van der Waals surface area contributed by atoms with Gasteiger partial charge in [0.05, 0.1) is 5.51 Å². The maximum Gasteiger partial charge on any atom is 0.0794 e. The van der Waals surface area contributed by atoms with E-state index in [2.05, 4.69) is 22.1 Å². The van der Waals surface area contributed by atoms with Gasteiger partial charge >= 0.3 is 0 Å². The highest BCUT2D eigenvalue weighted by Gasteiger charge is 2.15. The second kappa shape index (κ2) is 5.66. The van der Waals surface area contributed by atoms with Gasteiger partial charge in [0.1, 0.15) is 0 Å². The van der Waals surface area contributed by atoms with Crippen LogP contribution in [-0.2, 0) is 6.54 Å². The van der Waals surface area contributed by atoms with Crippen molar-refractivity contribution in [3.63, 3.8) is 0 Å². The minimum absolute atomic E-state index is 0. The molecular weight excluding hydrogens is 218 g/mol. The summed E-state index contributed by atoms with van der Waals surface area (Å²) < 4.78 is 0. The molecule has 0 saturated carbocycles. The van der Waals surface area contributed by atoms with E-state index in [4.69, 9.17) is 0 Å². The number of nitrogens with zero attached hydrogens (tertiary/aromatic N) is 2. The molecule has 1 aromatic heterocycles. The van der Waals surface area contributed by atoms with Crippen LogP contribution in [0.15, 0.2) is 11.7 Å². The zero-order valence-electron chi connectivity index (χ0n) is 8.27. The average Bonchev–Trinajstić information content (AvgIpc) is 2.57. The number of hydrogen-bond acceptors (Lipinski definition) is 4. The molecule has 0 spiro atoms. The van der Waals surface area contributed by atoms with E-state index >= 15 is 0 Å². The van der Waals surface area contributed by atoms with Gasteiger partial charge in [-0.15, -0.1) is 23.7 Å². The monoisotopic (exact) mass is 233 g/mol. The summed E-state index contributed by atoms with van der Waals surface area (Å²) in [7, 11) is 0. The Bertz CT molecular complexity index is 253. The van der Waals surface area contributed by atoms with Gasteiger partial charge < -0.3 is 5.32 Å². The van der Waals surface area contributed by atoms with E-state index in [1.165, 1.54) is 4.88 Å². The second-order valence-corrected chi connectivity index (χ2v) is 4.53. The summed E-state index contributed by atoms with van der Waals surface area (Å²) >= 11 is 1.74. The van der Waals surface area contributed by atoms with Gasteiger partial charge in [0.25, 0.3) is 0 Å². The summed E-state index contributed by atoms with van der Waals surface area (Å²) in [5, 5.41) is 3.44. The molecule has 1 saturated heterocycles. The highest BCUT2D eigenvalue weighted by Crippen LogP contribution is 2.10. The first kappa shape index (κ1) is 11.9. The maximum atomic E-state index is 4.08. The molecule has 1 unspecified atom stereocenters. The third-order valence-electron chi connectivity index (χ3n) is 2.32. The third-order valence-corrected chi connectivity index (χ3v) is 3.08. The van der Waals surface area contributed by atoms with Gasteiger partial charge in [-0.1, -0.05) is 0 Å². The minimum atomic E-state index is 0. The van der Waals surface area contributed by atoms with Crippen molar-refractivity contribution in [2.75, 3.05) is 19.6 Å². The lowest BCUT2D eigenvalue weighted by molar-refractivity contribution is 0.201. The molecule has 1 N–H and O–H groups in total. The Balaban J connectivity index is 0.000000980.